The topological polar surface area (TPSA) is 54.0 Å². The molecule has 2 N–H and O–H groups in total. The number of pyridine rings is 1. The van der Waals surface area contributed by atoms with Gasteiger partial charge in [0.05, 0.1) is 5.69 Å². The second-order valence-corrected chi connectivity index (χ2v) is 3.78. The summed E-state index contributed by atoms with van der Waals surface area (Å²) in [6.07, 6.45) is 1.59. The highest BCUT2D eigenvalue weighted by atomic mass is 19.1. The van der Waals surface area contributed by atoms with E-state index in [0.717, 1.165) is 5.56 Å². The Bertz CT molecular complexity index is 572. The van der Waals surface area contributed by atoms with E-state index in [9.17, 15) is 9.18 Å². The number of benzene rings is 1. The van der Waals surface area contributed by atoms with E-state index in [1.54, 1.807) is 24.4 Å². The van der Waals surface area contributed by atoms with Gasteiger partial charge in [0.2, 0.25) is 0 Å². The number of urea groups is 1. The minimum Gasteiger partial charge on any atom is -0.305 e. The first kappa shape index (κ1) is 12.0. The van der Waals surface area contributed by atoms with Crippen molar-refractivity contribution in [3.63, 3.8) is 0 Å². The van der Waals surface area contributed by atoms with Crippen LogP contribution < -0.4 is 10.6 Å². The van der Waals surface area contributed by atoms with Crippen molar-refractivity contribution in [1.29, 1.82) is 0 Å². The monoisotopic (exact) mass is 245 g/mol. The number of aromatic nitrogens is 1. The number of carbonyl (C=O) groups is 1. The normalized spacial score (nSPS) is 9.89. The van der Waals surface area contributed by atoms with Crippen molar-refractivity contribution >= 4 is 17.5 Å². The Hall–Kier alpha value is -2.43. The highest BCUT2D eigenvalue weighted by molar-refractivity contribution is 5.99. The quantitative estimate of drug-likeness (QED) is 0.853. The molecule has 1 aromatic carbocycles. The summed E-state index contributed by atoms with van der Waals surface area (Å²) in [5.41, 5.74) is 1.11. The predicted octanol–water partition coefficient (Wildman–Crippen LogP) is 3.17. The standard InChI is InChI=1S/C13H12FN3O/c1-9-6-7-15-12(8-9)17-13(18)16-11-5-3-2-4-10(11)14/h2-8H,1H3,(H2,15,16,17,18). The zero-order valence-electron chi connectivity index (χ0n) is 9.77. The molecule has 0 spiro atoms. The molecule has 0 aliphatic carbocycles. The molecule has 0 saturated carbocycles. The molecule has 4 nitrogen and oxygen atoms in total. The highest BCUT2D eigenvalue weighted by Gasteiger charge is 2.06. The van der Waals surface area contributed by atoms with E-state index in [4.69, 9.17) is 0 Å². The SMILES string of the molecule is Cc1ccnc(NC(=O)Nc2ccccc2F)c1. The molecule has 0 aliphatic rings. The molecule has 18 heavy (non-hydrogen) atoms. The molecule has 1 heterocycles. The Morgan fingerprint density at radius 1 is 1.22 bits per heavy atom. The highest BCUT2D eigenvalue weighted by Crippen LogP contribution is 2.13. The van der Waals surface area contributed by atoms with E-state index in [-0.39, 0.29) is 5.69 Å². The smallest absolute Gasteiger partial charge is 0.305 e. The maximum absolute atomic E-state index is 13.3. The van der Waals surface area contributed by atoms with Crippen LogP contribution in [0, 0.1) is 12.7 Å². The van der Waals surface area contributed by atoms with Gasteiger partial charge in [-0.25, -0.2) is 14.2 Å². The minimum absolute atomic E-state index is 0.127. The van der Waals surface area contributed by atoms with Crippen LogP contribution >= 0.6 is 0 Å². The number of hydrogen-bond acceptors (Lipinski definition) is 2. The van der Waals surface area contributed by atoms with Crippen LogP contribution in [0.3, 0.4) is 0 Å². The lowest BCUT2D eigenvalue weighted by atomic mass is 10.3. The Labute approximate surface area is 104 Å². The summed E-state index contributed by atoms with van der Waals surface area (Å²) in [6.45, 7) is 1.89. The van der Waals surface area contributed by atoms with Crippen LogP contribution in [0.4, 0.5) is 20.7 Å². The second-order valence-electron chi connectivity index (χ2n) is 3.78. The molecule has 2 amide bonds. The van der Waals surface area contributed by atoms with Crippen LogP contribution in [0.25, 0.3) is 0 Å². The predicted molar refractivity (Wildman–Crippen MR) is 68.0 cm³/mol. The lowest BCUT2D eigenvalue weighted by molar-refractivity contribution is 0.262. The fourth-order valence-corrected chi connectivity index (χ4v) is 1.44. The Kier molecular flexibility index (Phi) is 3.52. The van der Waals surface area contributed by atoms with Crippen LogP contribution in [0.1, 0.15) is 5.56 Å². The summed E-state index contributed by atoms with van der Waals surface area (Å²) >= 11 is 0. The molecular weight excluding hydrogens is 233 g/mol. The average Bonchev–Trinajstić information content (AvgIpc) is 2.32. The number of carbonyl (C=O) groups excluding carboxylic acids is 1. The second kappa shape index (κ2) is 5.27. The molecule has 92 valence electrons. The molecule has 2 rings (SSSR count). The van der Waals surface area contributed by atoms with Crippen LogP contribution in [0.5, 0.6) is 0 Å². The number of nitrogens with one attached hydrogen (secondary N) is 2. The first-order valence-electron chi connectivity index (χ1n) is 5.40. The van der Waals surface area contributed by atoms with E-state index in [0.29, 0.717) is 5.82 Å². The molecule has 0 atom stereocenters. The van der Waals surface area contributed by atoms with Crippen molar-refractivity contribution in [2.75, 3.05) is 10.6 Å². The molecule has 5 heteroatoms. The number of anilines is 2. The molecule has 0 fully saturated rings. The van der Waals surface area contributed by atoms with Gasteiger partial charge in [-0.3, -0.25) is 5.32 Å². The van der Waals surface area contributed by atoms with Gasteiger partial charge in [-0.15, -0.1) is 0 Å². The molecule has 0 unspecified atom stereocenters. The number of rotatable bonds is 2. The maximum atomic E-state index is 13.3. The van der Waals surface area contributed by atoms with Gasteiger partial charge in [0.15, 0.2) is 0 Å². The fraction of sp³-hybridized carbons (Fsp3) is 0.0769. The molecule has 0 saturated heterocycles. The zero-order valence-corrected chi connectivity index (χ0v) is 9.77. The summed E-state index contributed by atoms with van der Waals surface area (Å²) in [5, 5.41) is 4.94. The van der Waals surface area contributed by atoms with Gasteiger partial charge in [0.25, 0.3) is 0 Å². The average molecular weight is 245 g/mol. The number of halogens is 1. The molecule has 0 aliphatic heterocycles. The largest absolute Gasteiger partial charge is 0.324 e. The Morgan fingerprint density at radius 2 is 2.00 bits per heavy atom. The van der Waals surface area contributed by atoms with Crippen molar-refractivity contribution in [1.82, 2.24) is 4.98 Å². The summed E-state index contributed by atoms with van der Waals surface area (Å²) in [7, 11) is 0. The third-order valence-corrected chi connectivity index (χ3v) is 2.28. The van der Waals surface area contributed by atoms with Gasteiger partial charge >= 0.3 is 6.03 Å². The van der Waals surface area contributed by atoms with Crippen LogP contribution in [-0.4, -0.2) is 11.0 Å². The van der Waals surface area contributed by atoms with Gasteiger partial charge in [-0.1, -0.05) is 12.1 Å². The molecule has 0 radical (unpaired) electrons. The number of amides is 2. The number of para-hydroxylation sites is 1. The maximum Gasteiger partial charge on any atom is 0.324 e. The lowest BCUT2D eigenvalue weighted by Crippen LogP contribution is -2.20. The van der Waals surface area contributed by atoms with Crippen molar-refractivity contribution in [2.45, 2.75) is 6.92 Å². The van der Waals surface area contributed by atoms with Crippen LogP contribution in [0.2, 0.25) is 0 Å². The number of hydrogen-bond donors (Lipinski definition) is 2. The van der Waals surface area contributed by atoms with Gasteiger partial charge in [0, 0.05) is 6.20 Å². The van der Waals surface area contributed by atoms with E-state index >= 15 is 0 Å². The van der Waals surface area contributed by atoms with Crippen LogP contribution in [-0.2, 0) is 0 Å². The minimum atomic E-state index is -0.529. The van der Waals surface area contributed by atoms with Crippen molar-refractivity contribution in [3.8, 4) is 0 Å². The van der Waals surface area contributed by atoms with Crippen molar-refractivity contribution in [3.05, 3.63) is 54.0 Å². The Balaban J connectivity index is 2.03. The van der Waals surface area contributed by atoms with E-state index in [1.807, 2.05) is 13.0 Å². The van der Waals surface area contributed by atoms with Crippen LogP contribution in [0.15, 0.2) is 42.6 Å². The van der Waals surface area contributed by atoms with Gasteiger partial charge < -0.3 is 5.32 Å². The van der Waals surface area contributed by atoms with Gasteiger partial charge in [0.1, 0.15) is 11.6 Å². The first-order valence-corrected chi connectivity index (χ1v) is 5.40. The third-order valence-electron chi connectivity index (χ3n) is 2.28. The van der Waals surface area contributed by atoms with Crippen molar-refractivity contribution in [2.24, 2.45) is 0 Å². The summed E-state index contributed by atoms with van der Waals surface area (Å²) in [6, 6.07) is 8.97. The Morgan fingerprint density at radius 3 is 2.72 bits per heavy atom. The summed E-state index contributed by atoms with van der Waals surface area (Å²) in [5.74, 6) is -0.0614. The van der Waals surface area contributed by atoms with E-state index in [1.165, 1.54) is 12.1 Å². The third kappa shape index (κ3) is 3.04. The van der Waals surface area contributed by atoms with Gasteiger partial charge in [-0.05, 0) is 36.8 Å². The van der Waals surface area contributed by atoms with Crippen molar-refractivity contribution < 1.29 is 9.18 Å². The first-order chi connectivity index (χ1) is 8.65. The lowest BCUT2D eigenvalue weighted by Gasteiger charge is -2.07. The zero-order chi connectivity index (χ0) is 13.0. The van der Waals surface area contributed by atoms with E-state index < -0.39 is 11.8 Å². The molecule has 1 aromatic heterocycles. The molecule has 0 bridgehead atoms. The summed E-state index contributed by atoms with van der Waals surface area (Å²) in [4.78, 5) is 15.6. The number of aryl methyl sites for hydroxylation is 1. The van der Waals surface area contributed by atoms with Gasteiger partial charge in [-0.2, -0.15) is 0 Å². The molecular formula is C13H12FN3O. The molecule has 2 aromatic rings. The summed E-state index contributed by atoms with van der Waals surface area (Å²) < 4.78 is 13.3. The fourth-order valence-electron chi connectivity index (χ4n) is 1.44. The number of nitrogens with zero attached hydrogens (tertiary/aromatic N) is 1. The van der Waals surface area contributed by atoms with E-state index in [2.05, 4.69) is 15.6 Å².